The minimum atomic E-state index is -0.0419. The molecule has 1 amide bonds. The first kappa shape index (κ1) is 17.2. The van der Waals surface area contributed by atoms with Gasteiger partial charge in [-0.2, -0.15) is 5.10 Å². The van der Waals surface area contributed by atoms with E-state index in [-0.39, 0.29) is 17.6 Å². The summed E-state index contributed by atoms with van der Waals surface area (Å²) in [5.74, 6) is 2.09. The van der Waals surface area contributed by atoms with Gasteiger partial charge in [-0.1, -0.05) is 12.8 Å². The lowest BCUT2D eigenvalue weighted by atomic mass is 9.94. The van der Waals surface area contributed by atoms with Crippen LogP contribution in [0.3, 0.4) is 0 Å². The van der Waals surface area contributed by atoms with Crippen LogP contribution < -0.4 is 5.69 Å². The fraction of sp³-hybridized carbons (Fsp3) is 0.833. The first-order chi connectivity index (χ1) is 11.5. The summed E-state index contributed by atoms with van der Waals surface area (Å²) in [6.07, 6.45) is 7.54. The van der Waals surface area contributed by atoms with Crippen molar-refractivity contribution >= 4 is 5.91 Å². The van der Waals surface area contributed by atoms with Crippen molar-refractivity contribution in [2.75, 3.05) is 13.1 Å². The predicted octanol–water partition coefficient (Wildman–Crippen LogP) is 2.45. The molecule has 1 aromatic heterocycles. The van der Waals surface area contributed by atoms with E-state index in [1.54, 1.807) is 11.6 Å². The minimum Gasteiger partial charge on any atom is -0.343 e. The number of hydrogen-bond acceptors (Lipinski definition) is 3. The highest BCUT2D eigenvalue weighted by atomic mass is 16.2. The van der Waals surface area contributed by atoms with E-state index in [2.05, 4.69) is 5.10 Å². The first-order valence-electron chi connectivity index (χ1n) is 9.40. The molecule has 24 heavy (non-hydrogen) atoms. The van der Waals surface area contributed by atoms with E-state index in [1.165, 1.54) is 30.4 Å². The van der Waals surface area contributed by atoms with E-state index in [9.17, 15) is 9.59 Å². The SMILES string of the molecule is CC(C)n1c(C2CCN(C(=O)CC3CCCC3)CC2)nn(C)c1=O. The fourth-order valence-corrected chi connectivity index (χ4v) is 4.24. The monoisotopic (exact) mass is 334 g/mol. The third-order valence-corrected chi connectivity index (χ3v) is 5.65. The minimum absolute atomic E-state index is 0.0419. The van der Waals surface area contributed by atoms with Crippen molar-refractivity contribution in [3.63, 3.8) is 0 Å². The van der Waals surface area contributed by atoms with E-state index in [4.69, 9.17) is 0 Å². The average molecular weight is 334 g/mol. The summed E-state index contributed by atoms with van der Waals surface area (Å²) in [5.41, 5.74) is -0.0419. The summed E-state index contributed by atoms with van der Waals surface area (Å²) < 4.78 is 3.24. The molecule has 1 saturated carbocycles. The Morgan fingerprint density at radius 3 is 2.38 bits per heavy atom. The molecule has 6 nitrogen and oxygen atoms in total. The van der Waals surface area contributed by atoms with Crippen LogP contribution >= 0.6 is 0 Å². The van der Waals surface area contributed by atoms with Crippen LogP contribution in [-0.2, 0) is 11.8 Å². The second kappa shape index (κ2) is 7.11. The number of nitrogens with zero attached hydrogens (tertiary/aromatic N) is 4. The molecule has 3 rings (SSSR count). The largest absolute Gasteiger partial charge is 0.345 e. The average Bonchev–Trinajstić information content (AvgIpc) is 3.16. The zero-order chi connectivity index (χ0) is 17.3. The van der Waals surface area contributed by atoms with E-state index in [0.717, 1.165) is 38.2 Å². The van der Waals surface area contributed by atoms with Crippen molar-refractivity contribution in [2.45, 2.75) is 70.8 Å². The number of aromatic nitrogens is 3. The smallest absolute Gasteiger partial charge is 0.343 e. The molecule has 2 aliphatic rings. The van der Waals surface area contributed by atoms with Gasteiger partial charge in [0.15, 0.2) is 0 Å². The standard InChI is InChI=1S/C18H30N4O2/c1-13(2)22-17(19-20(3)18(22)24)15-8-10-21(11-9-15)16(23)12-14-6-4-5-7-14/h13-15H,4-12H2,1-3H3. The number of rotatable bonds is 4. The zero-order valence-corrected chi connectivity index (χ0v) is 15.2. The Bertz CT molecular complexity index is 632. The van der Waals surface area contributed by atoms with Crippen LogP contribution in [0.5, 0.6) is 0 Å². The van der Waals surface area contributed by atoms with Crippen molar-refractivity contribution in [2.24, 2.45) is 13.0 Å². The highest BCUT2D eigenvalue weighted by Gasteiger charge is 2.30. The topological polar surface area (TPSA) is 60.1 Å². The quantitative estimate of drug-likeness (QED) is 0.850. The maximum absolute atomic E-state index is 12.5. The van der Waals surface area contributed by atoms with Gasteiger partial charge in [-0.15, -0.1) is 0 Å². The van der Waals surface area contributed by atoms with E-state index < -0.39 is 0 Å². The summed E-state index contributed by atoms with van der Waals surface area (Å²) in [4.78, 5) is 26.7. The molecule has 0 atom stereocenters. The van der Waals surface area contributed by atoms with Crippen LogP contribution in [0.1, 0.15) is 76.6 Å². The summed E-state index contributed by atoms with van der Waals surface area (Å²) in [6.45, 7) is 5.62. The van der Waals surface area contributed by atoms with Gasteiger partial charge in [-0.05, 0) is 45.4 Å². The van der Waals surface area contributed by atoms with Crippen LogP contribution in [0, 0.1) is 5.92 Å². The van der Waals surface area contributed by atoms with Gasteiger partial charge in [-0.3, -0.25) is 9.36 Å². The second-order valence-corrected chi connectivity index (χ2v) is 7.74. The molecule has 1 saturated heterocycles. The van der Waals surface area contributed by atoms with Crippen LogP contribution in [0.15, 0.2) is 4.79 Å². The van der Waals surface area contributed by atoms with Crippen molar-refractivity contribution in [3.8, 4) is 0 Å². The molecule has 1 aromatic rings. The molecule has 6 heteroatoms. The lowest BCUT2D eigenvalue weighted by Gasteiger charge is -2.32. The molecule has 0 bridgehead atoms. The molecule has 1 aliphatic carbocycles. The third-order valence-electron chi connectivity index (χ3n) is 5.65. The van der Waals surface area contributed by atoms with Gasteiger partial charge >= 0.3 is 5.69 Å². The Morgan fingerprint density at radius 2 is 1.79 bits per heavy atom. The van der Waals surface area contributed by atoms with E-state index >= 15 is 0 Å². The Balaban J connectivity index is 1.62. The summed E-state index contributed by atoms with van der Waals surface area (Å²) in [6, 6.07) is 0.114. The van der Waals surface area contributed by atoms with E-state index in [1.807, 2.05) is 18.7 Å². The number of carbonyl (C=O) groups excluding carboxylic acids is 1. The molecule has 0 aromatic carbocycles. The number of likely N-dealkylation sites (tertiary alicyclic amines) is 1. The summed E-state index contributed by atoms with van der Waals surface area (Å²) in [5, 5.41) is 4.47. The maximum Gasteiger partial charge on any atom is 0.345 e. The van der Waals surface area contributed by atoms with Crippen molar-refractivity contribution < 1.29 is 4.79 Å². The van der Waals surface area contributed by atoms with Gasteiger partial charge in [-0.25, -0.2) is 9.48 Å². The second-order valence-electron chi connectivity index (χ2n) is 7.74. The normalized spacial score (nSPS) is 20.2. The number of hydrogen-bond donors (Lipinski definition) is 0. The van der Waals surface area contributed by atoms with Crippen LogP contribution in [-0.4, -0.2) is 38.2 Å². The summed E-state index contributed by atoms with van der Waals surface area (Å²) >= 11 is 0. The molecule has 0 spiro atoms. The Kier molecular flexibility index (Phi) is 5.11. The van der Waals surface area contributed by atoms with Crippen LogP contribution in [0.25, 0.3) is 0 Å². The zero-order valence-electron chi connectivity index (χ0n) is 15.2. The van der Waals surface area contributed by atoms with Gasteiger partial charge in [0.05, 0.1) is 0 Å². The van der Waals surface area contributed by atoms with Crippen LogP contribution in [0.4, 0.5) is 0 Å². The fourth-order valence-electron chi connectivity index (χ4n) is 4.24. The lowest BCUT2D eigenvalue weighted by molar-refractivity contribution is -0.133. The van der Waals surface area contributed by atoms with Gasteiger partial charge in [0.1, 0.15) is 5.82 Å². The molecule has 0 N–H and O–H groups in total. The Morgan fingerprint density at radius 1 is 1.17 bits per heavy atom. The molecule has 2 fully saturated rings. The number of piperidine rings is 1. The molecular formula is C18H30N4O2. The molecule has 1 aliphatic heterocycles. The highest BCUT2D eigenvalue weighted by molar-refractivity contribution is 5.76. The van der Waals surface area contributed by atoms with Gasteiger partial charge in [0, 0.05) is 38.5 Å². The molecule has 2 heterocycles. The number of aryl methyl sites for hydroxylation is 1. The Hall–Kier alpha value is -1.59. The maximum atomic E-state index is 12.5. The van der Waals surface area contributed by atoms with E-state index in [0.29, 0.717) is 11.8 Å². The molecule has 0 radical (unpaired) electrons. The van der Waals surface area contributed by atoms with Crippen molar-refractivity contribution in [3.05, 3.63) is 16.3 Å². The third kappa shape index (κ3) is 3.42. The molecular weight excluding hydrogens is 304 g/mol. The molecule has 0 unspecified atom stereocenters. The van der Waals surface area contributed by atoms with Crippen molar-refractivity contribution in [1.29, 1.82) is 0 Å². The van der Waals surface area contributed by atoms with Crippen LogP contribution in [0.2, 0.25) is 0 Å². The number of carbonyl (C=O) groups is 1. The van der Waals surface area contributed by atoms with Gasteiger partial charge in [0.2, 0.25) is 5.91 Å². The number of amides is 1. The predicted molar refractivity (Wildman–Crippen MR) is 93.0 cm³/mol. The van der Waals surface area contributed by atoms with Crippen molar-refractivity contribution in [1.82, 2.24) is 19.2 Å². The lowest BCUT2D eigenvalue weighted by Crippen LogP contribution is -2.39. The highest BCUT2D eigenvalue weighted by Crippen LogP contribution is 2.31. The molecule has 134 valence electrons. The first-order valence-corrected chi connectivity index (χ1v) is 9.40. The van der Waals surface area contributed by atoms with Gasteiger partial charge in [0.25, 0.3) is 0 Å². The Labute approximate surface area is 143 Å². The van der Waals surface area contributed by atoms with Gasteiger partial charge < -0.3 is 4.90 Å². The summed E-state index contributed by atoms with van der Waals surface area (Å²) in [7, 11) is 1.71.